The Morgan fingerprint density at radius 3 is 2.74 bits per heavy atom. The minimum absolute atomic E-state index is 0. The largest absolute Gasteiger partial charge is 0.493 e. The number of hydrogen-bond acceptors (Lipinski definition) is 5. The van der Waals surface area contributed by atoms with Gasteiger partial charge in [-0.25, -0.2) is 4.99 Å². The van der Waals surface area contributed by atoms with Crippen molar-refractivity contribution >= 4 is 29.9 Å². The van der Waals surface area contributed by atoms with Crippen LogP contribution in [0.2, 0.25) is 0 Å². The van der Waals surface area contributed by atoms with E-state index in [1.54, 1.807) is 7.11 Å². The second-order valence-electron chi connectivity index (χ2n) is 8.29. The van der Waals surface area contributed by atoms with Crippen LogP contribution in [0.5, 0.6) is 11.5 Å². The van der Waals surface area contributed by atoms with E-state index in [1.165, 1.54) is 45.2 Å². The molecule has 1 saturated heterocycles. The lowest BCUT2D eigenvalue weighted by atomic mass is 10.1. The number of aliphatic hydroxyl groups is 1. The Morgan fingerprint density at radius 2 is 2.03 bits per heavy atom. The number of hydrogen-bond donors (Lipinski definition) is 3. The number of methoxy groups -OCH3 is 1. The molecule has 1 unspecified atom stereocenters. The third-order valence-corrected chi connectivity index (χ3v) is 5.95. The predicted octanol–water partition coefficient (Wildman–Crippen LogP) is 3.00. The van der Waals surface area contributed by atoms with Crippen molar-refractivity contribution in [3.8, 4) is 11.5 Å². The molecule has 1 aliphatic carbocycles. The Hall–Kier alpha value is -1.26. The second kappa shape index (κ2) is 14.0. The molecule has 8 heteroatoms. The number of rotatable bonds is 10. The molecule has 2 aliphatic rings. The van der Waals surface area contributed by atoms with Crippen molar-refractivity contribution in [3.05, 3.63) is 23.8 Å². The summed E-state index contributed by atoms with van der Waals surface area (Å²) in [6, 6.07) is 6.25. The molecule has 7 nitrogen and oxygen atoms in total. The van der Waals surface area contributed by atoms with Gasteiger partial charge in [0.15, 0.2) is 17.5 Å². The van der Waals surface area contributed by atoms with Crippen LogP contribution in [-0.4, -0.2) is 68.5 Å². The average Bonchev–Trinajstić information content (AvgIpc) is 3.43. The van der Waals surface area contributed by atoms with E-state index in [0.717, 1.165) is 30.5 Å². The van der Waals surface area contributed by atoms with Gasteiger partial charge in [-0.15, -0.1) is 24.0 Å². The first-order valence-electron chi connectivity index (χ1n) is 11.4. The minimum atomic E-state index is -0.0217. The quantitative estimate of drug-likeness (QED) is 0.238. The average molecular weight is 546 g/mol. The highest BCUT2D eigenvalue weighted by Crippen LogP contribution is 2.28. The zero-order valence-electron chi connectivity index (χ0n) is 18.9. The summed E-state index contributed by atoms with van der Waals surface area (Å²) in [5.74, 6) is 3.07. The van der Waals surface area contributed by atoms with Gasteiger partial charge in [-0.2, -0.15) is 0 Å². The zero-order chi connectivity index (χ0) is 21.2. The Morgan fingerprint density at radius 1 is 1.23 bits per heavy atom. The molecule has 3 N–H and O–H groups in total. The normalized spacial score (nSPS) is 19.8. The molecule has 2 fully saturated rings. The number of halogens is 1. The van der Waals surface area contributed by atoms with Gasteiger partial charge in [0, 0.05) is 32.2 Å². The van der Waals surface area contributed by atoms with Crippen molar-refractivity contribution < 1.29 is 14.6 Å². The molecule has 0 bridgehead atoms. The molecule has 1 aromatic rings. The molecular weight excluding hydrogens is 507 g/mol. The standard InChI is InChI=1S/C23H38N4O3.HI/c1-3-24-23(26-20-10-11-27(17-20)16-18-6-4-5-7-18)25-15-19-8-9-21(30-13-12-28)22(14-19)29-2;/h8-9,14,18,20,28H,3-7,10-13,15-17H2,1-2H3,(H2,24,25,26);1H. The summed E-state index contributed by atoms with van der Waals surface area (Å²) < 4.78 is 10.9. The maximum Gasteiger partial charge on any atom is 0.191 e. The molecule has 3 rings (SSSR count). The molecule has 1 atom stereocenters. The van der Waals surface area contributed by atoms with Crippen molar-refractivity contribution in [1.29, 1.82) is 0 Å². The highest BCUT2D eigenvalue weighted by molar-refractivity contribution is 14.0. The molecule has 0 radical (unpaired) electrons. The van der Waals surface area contributed by atoms with Crippen LogP contribution in [0, 0.1) is 5.92 Å². The summed E-state index contributed by atoms with van der Waals surface area (Å²) in [7, 11) is 1.62. The van der Waals surface area contributed by atoms with E-state index in [9.17, 15) is 0 Å². The molecular formula is C23H39IN4O3. The topological polar surface area (TPSA) is 78.4 Å². The van der Waals surface area contributed by atoms with Gasteiger partial charge in [0.05, 0.1) is 20.3 Å². The van der Waals surface area contributed by atoms with Crippen molar-refractivity contribution in [2.75, 3.05) is 46.5 Å². The van der Waals surface area contributed by atoms with Crippen LogP contribution >= 0.6 is 24.0 Å². The first kappa shape index (κ1) is 26.0. The third kappa shape index (κ3) is 8.31. The van der Waals surface area contributed by atoms with Gasteiger partial charge in [-0.3, -0.25) is 0 Å². The highest BCUT2D eigenvalue weighted by atomic mass is 127. The molecule has 31 heavy (non-hydrogen) atoms. The predicted molar refractivity (Wildman–Crippen MR) is 136 cm³/mol. The molecule has 0 spiro atoms. The molecule has 1 heterocycles. The van der Waals surface area contributed by atoms with Crippen LogP contribution in [0.4, 0.5) is 0 Å². The number of nitrogens with zero attached hydrogens (tertiary/aromatic N) is 2. The third-order valence-electron chi connectivity index (χ3n) is 5.95. The lowest BCUT2D eigenvalue weighted by Gasteiger charge is -2.21. The van der Waals surface area contributed by atoms with Crippen LogP contribution in [-0.2, 0) is 6.54 Å². The van der Waals surface area contributed by atoms with Gasteiger partial charge in [0.1, 0.15) is 6.61 Å². The van der Waals surface area contributed by atoms with Gasteiger partial charge in [0.2, 0.25) is 0 Å². The van der Waals surface area contributed by atoms with Crippen molar-refractivity contribution in [2.24, 2.45) is 10.9 Å². The van der Waals surface area contributed by atoms with Gasteiger partial charge in [0.25, 0.3) is 0 Å². The van der Waals surface area contributed by atoms with E-state index in [0.29, 0.717) is 24.1 Å². The Labute approximate surface area is 204 Å². The van der Waals surface area contributed by atoms with E-state index in [2.05, 4.69) is 22.5 Å². The molecule has 0 aromatic heterocycles. The fourth-order valence-corrected chi connectivity index (χ4v) is 4.44. The second-order valence-corrected chi connectivity index (χ2v) is 8.29. The Kier molecular flexibility index (Phi) is 11.7. The van der Waals surface area contributed by atoms with Crippen molar-refractivity contribution in [2.45, 2.75) is 51.6 Å². The van der Waals surface area contributed by atoms with Crippen LogP contribution in [0.15, 0.2) is 23.2 Å². The molecule has 1 aromatic carbocycles. The minimum Gasteiger partial charge on any atom is -0.493 e. The monoisotopic (exact) mass is 546 g/mol. The van der Waals surface area contributed by atoms with Crippen LogP contribution in [0.1, 0.15) is 44.6 Å². The summed E-state index contributed by atoms with van der Waals surface area (Å²) in [5, 5.41) is 15.9. The number of guanidine groups is 1. The van der Waals surface area contributed by atoms with Crippen LogP contribution in [0.25, 0.3) is 0 Å². The molecule has 0 amide bonds. The fraction of sp³-hybridized carbons (Fsp3) is 0.696. The summed E-state index contributed by atoms with van der Waals surface area (Å²) >= 11 is 0. The molecule has 1 aliphatic heterocycles. The van der Waals surface area contributed by atoms with Gasteiger partial charge in [-0.05, 0) is 49.8 Å². The van der Waals surface area contributed by atoms with Crippen LogP contribution < -0.4 is 20.1 Å². The highest BCUT2D eigenvalue weighted by Gasteiger charge is 2.26. The SMILES string of the molecule is CCNC(=NCc1ccc(OCCO)c(OC)c1)NC1CCN(CC2CCCC2)C1.I. The molecule has 176 valence electrons. The first-order valence-corrected chi connectivity index (χ1v) is 11.4. The zero-order valence-corrected chi connectivity index (χ0v) is 21.3. The maximum absolute atomic E-state index is 8.95. The Balaban J connectivity index is 0.00000341. The first-order chi connectivity index (χ1) is 14.7. The van der Waals surface area contributed by atoms with Gasteiger partial charge in [-0.1, -0.05) is 18.9 Å². The van der Waals surface area contributed by atoms with E-state index in [-0.39, 0.29) is 37.2 Å². The number of benzene rings is 1. The fourth-order valence-electron chi connectivity index (χ4n) is 4.44. The molecule has 1 saturated carbocycles. The van der Waals surface area contributed by atoms with Gasteiger partial charge < -0.3 is 30.1 Å². The van der Waals surface area contributed by atoms with E-state index in [1.807, 2.05) is 18.2 Å². The number of aliphatic imine (C=N–C) groups is 1. The van der Waals surface area contributed by atoms with E-state index in [4.69, 9.17) is 19.6 Å². The summed E-state index contributed by atoms with van der Waals surface area (Å²) in [5.41, 5.74) is 1.05. The van der Waals surface area contributed by atoms with Gasteiger partial charge >= 0.3 is 0 Å². The van der Waals surface area contributed by atoms with E-state index >= 15 is 0 Å². The van der Waals surface area contributed by atoms with Crippen molar-refractivity contribution in [3.63, 3.8) is 0 Å². The van der Waals surface area contributed by atoms with E-state index < -0.39 is 0 Å². The van der Waals surface area contributed by atoms with Crippen molar-refractivity contribution in [1.82, 2.24) is 15.5 Å². The number of nitrogens with one attached hydrogen (secondary N) is 2. The lowest BCUT2D eigenvalue weighted by Crippen LogP contribution is -2.44. The van der Waals surface area contributed by atoms with Crippen LogP contribution in [0.3, 0.4) is 0 Å². The number of likely N-dealkylation sites (tertiary alicyclic amines) is 1. The summed E-state index contributed by atoms with van der Waals surface area (Å²) in [4.78, 5) is 7.40. The maximum atomic E-state index is 8.95. The smallest absolute Gasteiger partial charge is 0.191 e. The summed E-state index contributed by atoms with van der Waals surface area (Å²) in [6.45, 7) is 7.26. The lowest BCUT2D eigenvalue weighted by molar-refractivity contribution is 0.196. The summed E-state index contributed by atoms with van der Waals surface area (Å²) in [6.07, 6.45) is 6.81. The number of ether oxygens (including phenoxy) is 2. The Bertz CT molecular complexity index is 683. The number of aliphatic hydroxyl groups excluding tert-OH is 1.